The average Bonchev–Trinajstić information content (AvgIpc) is 2.68. The second-order valence-corrected chi connectivity index (χ2v) is 5.20. The van der Waals surface area contributed by atoms with Gasteiger partial charge in [-0.05, 0) is 31.4 Å². The molecule has 16 heavy (non-hydrogen) atoms. The molecule has 1 heterocycles. The highest BCUT2D eigenvalue weighted by Crippen LogP contribution is 2.25. The van der Waals surface area contributed by atoms with E-state index in [-0.39, 0.29) is 12.3 Å². The number of carbonyl (C=O) groups is 2. The number of carboxylic acid groups (broad SMARTS) is 1. The number of amides is 1. The highest BCUT2D eigenvalue weighted by molar-refractivity contribution is 7.14. The fourth-order valence-electron chi connectivity index (χ4n) is 1.16. The van der Waals surface area contributed by atoms with E-state index in [1.165, 1.54) is 16.2 Å². The molecule has 88 valence electrons. The maximum atomic E-state index is 11.8. The van der Waals surface area contributed by atoms with Gasteiger partial charge in [-0.25, -0.2) is 0 Å². The highest BCUT2D eigenvalue weighted by Gasteiger charge is 2.31. The maximum absolute atomic E-state index is 11.8. The molecule has 0 atom stereocenters. The van der Waals surface area contributed by atoms with Crippen LogP contribution in [0.1, 0.15) is 20.3 Å². The summed E-state index contributed by atoms with van der Waals surface area (Å²) in [6.45, 7) is 3.10. The third-order valence-corrected chi connectivity index (χ3v) is 3.33. The summed E-state index contributed by atoms with van der Waals surface area (Å²) in [5.41, 5.74) is -1.03. The minimum absolute atomic E-state index is 0.00324. The molecule has 0 spiro atoms. The average molecular weight is 241 g/mol. The Morgan fingerprint density at radius 3 is 2.56 bits per heavy atom. The van der Waals surface area contributed by atoms with Crippen LogP contribution in [-0.4, -0.2) is 24.0 Å². The Labute approximate surface area is 98.5 Å². The molecule has 1 N–H and O–H groups in total. The molecular weight excluding hydrogens is 226 g/mol. The van der Waals surface area contributed by atoms with E-state index in [1.54, 1.807) is 20.9 Å². The number of anilines is 1. The number of carbonyl (C=O) groups excluding carboxylic acids is 1. The van der Waals surface area contributed by atoms with Crippen molar-refractivity contribution in [1.29, 1.82) is 0 Å². The van der Waals surface area contributed by atoms with Gasteiger partial charge in [-0.2, -0.15) is 0 Å². The first kappa shape index (κ1) is 12.7. The summed E-state index contributed by atoms with van der Waals surface area (Å²) in [7, 11) is 1.66. The SMILES string of the molecule is CN(C(=O)CC(C)(C)C(=O)O)c1cccs1. The van der Waals surface area contributed by atoms with Gasteiger partial charge in [0, 0.05) is 13.5 Å². The van der Waals surface area contributed by atoms with Crippen LogP contribution in [0.4, 0.5) is 5.00 Å². The summed E-state index contributed by atoms with van der Waals surface area (Å²) in [6.07, 6.45) is -0.00324. The van der Waals surface area contributed by atoms with E-state index in [0.29, 0.717) is 0 Å². The third kappa shape index (κ3) is 2.82. The van der Waals surface area contributed by atoms with Crippen molar-refractivity contribution in [2.75, 3.05) is 11.9 Å². The minimum atomic E-state index is -1.03. The molecule has 0 aliphatic carbocycles. The molecule has 1 aromatic rings. The van der Waals surface area contributed by atoms with Crippen molar-refractivity contribution in [3.63, 3.8) is 0 Å². The van der Waals surface area contributed by atoms with Crippen molar-refractivity contribution in [2.45, 2.75) is 20.3 Å². The molecule has 0 fully saturated rings. The lowest BCUT2D eigenvalue weighted by Crippen LogP contribution is -2.34. The van der Waals surface area contributed by atoms with Crippen LogP contribution in [0.3, 0.4) is 0 Å². The van der Waals surface area contributed by atoms with Crippen LogP contribution in [0, 0.1) is 5.41 Å². The maximum Gasteiger partial charge on any atom is 0.309 e. The predicted octanol–water partition coefficient (Wildman–Crippen LogP) is 2.21. The molecule has 1 amide bonds. The molecule has 1 rings (SSSR count). The zero-order valence-electron chi connectivity index (χ0n) is 9.56. The lowest BCUT2D eigenvalue weighted by molar-refractivity contribution is -0.149. The van der Waals surface area contributed by atoms with Crippen LogP contribution >= 0.6 is 11.3 Å². The van der Waals surface area contributed by atoms with Crippen LogP contribution in [0.2, 0.25) is 0 Å². The lowest BCUT2D eigenvalue weighted by atomic mass is 9.89. The van der Waals surface area contributed by atoms with Gasteiger partial charge in [-0.3, -0.25) is 9.59 Å². The summed E-state index contributed by atoms with van der Waals surface area (Å²) in [5.74, 6) is -1.14. The van der Waals surface area contributed by atoms with Crippen LogP contribution < -0.4 is 4.90 Å². The van der Waals surface area contributed by atoms with Gasteiger partial charge < -0.3 is 10.0 Å². The van der Waals surface area contributed by atoms with Gasteiger partial charge in [0.25, 0.3) is 0 Å². The van der Waals surface area contributed by atoms with Crippen LogP contribution in [0.5, 0.6) is 0 Å². The number of hydrogen-bond acceptors (Lipinski definition) is 3. The highest BCUT2D eigenvalue weighted by atomic mass is 32.1. The first-order valence-electron chi connectivity index (χ1n) is 4.88. The Morgan fingerprint density at radius 1 is 1.50 bits per heavy atom. The summed E-state index contributed by atoms with van der Waals surface area (Å²) in [6, 6.07) is 3.68. The summed E-state index contributed by atoms with van der Waals surface area (Å²) >= 11 is 1.45. The number of thiophene rings is 1. The fraction of sp³-hybridized carbons (Fsp3) is 0.455. The molecule has 0 unspecified atom stereocenters. The summed E-state index contributed by atoms with van der Waals surface area (Å²) in [5, 5.41) is 11.6. The fourth-order valence-corrected chi connectivity index (χ4v) is 1.87. The van der Waals surface area contributed by atoms with Crippen LogP contribution in [0.25, 0.3) is 0 Å². The number of aliphatic carboxylic acids is 1. The molecule has 4 nitrogen and oxygen atoms in total. The van der Waals surface area contributed by atoms with Crippen LogP contribution in [0.15, 0.2) is 17.5 Å². The molecule has 5 heteroatoms. The van der Waals surface area contributed by atoms with E-state index in [9.17, 15) is 9.59 Å². The van der Waals surface area contributed by atoms with E-state index in [2.05, 4.69) is 0 Å². The Balaban J connectivity index is 2.70. The molecule has 0 aliphatic rings. The predicted molar refractivity (Wildman–Crippen MR) is 63.8 cm³/mol. The van der Waals surface area contributed by atoms with Gasteiger partial charge >= 0.3 is 5.97 Å². The molecule has 0 bridgehead atoms. The van der Waals surface area contributed by atoms with Gasteiger partial charge in [-0.1, -0.05) is 0 Å². The minimum Gasteiger partial charge on any atom is -0.481 e. The van der Waals surface area contributed by atoms with E-state index < -0.39 is 11.4 Å². The Hall–Kier alpha value is -1.36. The van der Waals surface area contributed by atoms with Crippen molar-refractivity contribution in [2.24, 2.45) is 5.41 Å². The quantitative estimate of drug-likeness (QED) is 0.879. The Morgan fingerprint density at radius 2 is 2.12 bits per heavy atom. The van der Waals surface area contributed by atoms with Gasteiger partial charge in [0.2, 0.25) is 5.91 Å². The second kappa shape index (κ2) is 4.65. The number of nitrogens with zero attached hydrogens (tertiary/aromatic N) is 1. The third-order valence-electron chi connectivity index (χ3n) is 2.38. The number of carboxylic acids is 1. The molecule has 0 saturated carbocycles. The smallest absolute Gasteiger partial charge is 0.309 e. The second-order valence-electron chi connectivity index (χ2n) is 4.27. The summed E-state index contributed by atoms with van der Waals surface area (Å²) < 4.78 is 0. The van der Waals surface area contributed by atoms with Crippen molar-refractivity contribution in [1.82, 2.24) is 0 Å². The zero-order chi connectivity index (χ0) is 12.3. The van der Waals surface area contributed by atoms with Crippen LogP contribution in [-0.2, 0) is 9.59 Å². The first-order valence-corrected chi connectivity index (χ1v) is 5.76. The molecule has 0 aromatic carbocycles. The van der Waals surface area contributed by atoms with Gasteiger partial charge in [0.1, 0.15) is 0 Å². The molecular formula is C11H15NO3S. The zero-order valence-corrected chi connectivity index (χ0v) is 10.4. The van der Waals surface area contributed by atoms with Crippen molar-refractivity contribution < 1.29 is 14.7 Å². The van der Waals surface area contributed by atoms with E-state index in [1.807, 2.05) is 17.5 Å². The topological polar surface area (TPSA) is 57.6 Å². The Bertz CT molecular complexity index is 384. The van der Waals surface area contributed by atoms with Gasteiger partial charge in [0.15, 0.2) is 0 Å². The van der Waals surface area contributed by atoms with E-state index >= 15 is 0 Å². The van der Waals surface area contributed by atoms with Gasteiger partial charge in [-0.15, -0.1) is 11.3 Å². The summed E-state index contributed by atoms with van der Waals surface area (Å²) in [4.78, 5) is 24.2. The standard InChI is InChI=1S/C11H15NO3S/c1-11(2,10(14)15)7-8(13)12(3)9-5-4-6-16-9/h4-6H,7H2,1-3H3,(H,14,15). The van der Waals surface area contributed by atoms with Crippen molar-refractivity contribution in [3.8, 4) is 0 Å². The van der Waals surface area contributed by atoms with Crippen molar-refractivity contribution in [3.05, 3.63) is 17.5 Å². The van der Waals surface area contributed by atoms with E-state index in [4.69, 9.17) is 5.11 Å². The molecule has 0 saturated heterocycles. The lowest BCUT2D eigenvalue weighted by Gasteiger charge is -2.22. The number of hydrogen-bond donors (Lipinski definition) is 1. The molecule has 0 aliphatic heterocycles. The largest absolute Gasteiger partial charge is 0.481 e. The Kier molecular flexibility index (Phi) is 3.70. The molecule has 1 aromatic heterocycles. The van der Waals surface area contributed by atoms with Gasteiger partial charge in [0.05, 0.1) is 10.4 Å². The van der Waals surface area contributed by atoms with Crippen molar-refractivity contribution >= 4 is 28.2 Å². The molecule has 0 radical (unpaired) electrons. The van der Waals surface area contributed by atoms with E-state index in [0.717, 1.165) is 5.00 Å². The number of rotatable bonds is 4. The first-order chi connectivity index (χ1) is 7.34. The monoisotopic (exact) mass is 241 g/mol. The normalized spacial score (nSPS) is 11.2.